The third kappa shape index (κ3) is 8.95. The summed E-state index contributed by atoms with van der Waals surface area (Å²) in [5, 5.41) is 32.0. The summed E-state index contributed by atoms with van der Waals surface area (Å²) < 4.78 is 30.2. The van der Waals surface area contributed by atoms with Gasteiger partial charge >= 0.3 is 6.16 Å². The number of unbranched alkanes of at least 4 members (excludes halogenated alkanes) is 5. The Labute approximate surface area is 254 Å². The third-order valence-corrected chi connectivity index (χ3v) is 8.48. The van der Waals surface area contributed by atoms with Crippen molar-refractivity contribution in [1.29, 1.82) is 0 Å². The number of aliphatic hydroxyl groups excluding tert-OH is 3. The van der Waals surface area contributed by atoms with E-state index in [2.05, 4.69) is 42.7 Å². The Kier molecular flexibility index (Phi) is 12.7. The number of benzene rings is 1. The summed E-state index contributed by atoms with van der Waals surface area (Å²) in [6, 6.07) is 8.59. The van der Waals surface area contributed by atoms with Crippen molar-refractivity contribution in [1.82, 2.24) is 4.57 Å². The van der Waals surface area contributed by atoms with Crippen LogP contribution >= 0.6 is 0 Å². The van der Waals surface area contributed by atoms with Crippen molar-refractivity contribution >= 4 is 6.16 Å². The van der Waals surface area contributed by atoms with Crippen LogP contribution in [-0.4, -0.2) is 83.2 Å². The fraction of sp³-hybridized carbons (Fsp3) is 0.667. The summed E-state index contributed by atoms with van der Waals surface area (Å²) in [5.41, 5.74) is 4.31. The van der Waals surface area contributed by atoms with Gasteiger partial charge in [-0.05, 0) is 37.3 Å². The molecule has 10 nitrogen and oxygen atoms in total. The smallest absolute Gasteiger partial charge is 0.460 e. The second-order valence-electron chi connectivity index (χ2n) is 11.6. The van der Waals surface area contributed by atoms with Crippen LogP contribution in [0.5, 0.6) is 5.75 Å². The molecule has 0 radical (unpaired) electrons. The van der Waals surface area contributed by atoms with Crippen molar-refractivity contribution in [2.75, 3.05) is 26.4 Å². The van der Waals surface area contributed by atoms with E-state index in [0.717, 1.165) is 48.9 Å². The van der Waals surface area contributed by atoms with Crippen molar-refractivity contribution in [3.63, 3.8) is 0 Å². The van der Waals surface area contributed by atoms with Crippen molar-refractivity contribution in [3.05, 3.63) is 52.8 Å². The molecule has 3 heterocycles. The molecule has 4 rings (SSSR count). The molecule has 1 unspecified atom stereocenters. The van der Waals surface area contributed by atoms with Crippen LogP contribution in [0, 0.1) is 6.92 Å². The Bertz CT molecular complexity index is 1130. The largest absolute Gasteiger partial charge is 0.508 e. The number of rotatable bonds is 15. The quantitative estimate of drug-likeness (QED) is 0.197. The molecular formula is C33H49NO9. The lowest BCUT2D eigenvalue weighted by atomic mass is 9.99. The van der Waals surface area contributed by atoms with Gasteiger partial charge in [-0.1, -0.05) is 70.2 Å². The maximum Gasteiger partial charge on any atom is 0.508 e. The highest BCUT2D eigenvalue weighted by Crippen LogP contribution is 2.35. The SMILES string of the molecule is CCCCCCCCOC(=O)OC[C@H]1O[C@@H](Oc2cn(C3CCOC3)c(C)c2Cc2ccc(CC)cc2)[C@H](O)[C@@H](O)[C@@H]1O. The summed E-state index contributed by atoms with van der Waals surface area (Å²) in [7, 11) is 0. The number of aromatic nitrogens is 1. The molecule has 0 aliphatic carbocycles. The molecule has 10 heteroatoms. The van der Waals surface area contributed by atoms with E-state index in [-0.39, 0.29) is 19.3 Å². The normalized spacial score (nSPS) is 25.5. The molecule has 240 valence electrons. The van der Waals surface area contributed by atoms with Gasteiger partial charge in [-0.2, -0.15) is 0 Å². The minimum Gasteiger partial charge on any atom is -0.460 e. The molecule has 2 fully saturated rings. The highest BCUT2D eigenvalue weighted by atomic mass is 16.7. The van der Waals surface area contributed by atoms with E-state index < -0.39 is 36.9 Å². The average molecular weight is 604 g/mol. The molecule has 0 bridgehead atoms. The first-order valence-corrected chi connectivity index (χ1v) is 15.8. The predicted octanol–water partition coefficient (Wildman–Crippen LogP) is 4.61. The molecule has 1 aromatic carbocycles. The summed E-state index contributed by atoms with van der Waals surface area (Å²) >= 11 is 0. The van der Waals surface area contributed by atoms with Gasteiger partial charge in [0, 0.05) is 30.5 Å². The number of carbonyl (C=O) groups is 1. The van der Waals surface area contributed by atoms with Crippen LogP contribution in [0.2, 0.25) is 0 Å². The zero-order chi connectivity index (χ0) is 30.8. The summed E-state index contributed by atoms with van der Waals surface area (Å²) in [6.45, 7) is 7.48. The molecule has 0 saturated carbocycles. The minimum atomic E-state index is -1.57. The van der Waals surface area contributed by atoms with Crippen LogP contribution in [0.15, 0.2) is 30.5 Å². The first kappa shape index (κ1) is 33.3. The van der Waals surface area contributed by atoms with Crippen LogP contribution in [0.3, 0.4) is 0 Å². The van der Waals surface area contributed by atoms with Gasteiger partial charge in [-0.3, -0.25) is 0 Å². The maximum absolute atomic E-state index is 12.1. The van der Waals surface area contributed by atoms with Gasteiger partial charge in [0.2, 0.25) is 6.29 Å². The van der Waals surface area contributed by atoms with Gasteiger partial charge in [0.25, 0.3) is 0 Å². The number of hydrogen-bond acceptors (Lipinski definition) is 9. The Balaban J connectivity index is 1.41. The predicted molar refractivity (Wildman–Crippen MR) is 160 cm³/mol. The van der Waals surface area contributed by atoms with Crippen molar-refractivity contribution < 1.29 is 43.8 Å². The molecule has 43 heavy (non-hydrogen) atoms. The topological polar surface area (TPSA) is 129 Å². The molecule has 2 aromatic rings. The van der Waals surface area contributed by atoms with Crippen LogP contribution in [-0.2, 0) is 31.8 Å². The highest BCUT2D eigenvalue weighted by molar-refractivity contribution is 5.59. The zero-order valence-corrected chi connectivity index (χ0v) is 25.8. The van der Waals surface area contributed by atoms with E-state index in [1.54, 1.807) is 0 Å². The van der Waals surface area contributed by atoms with Crippen molar-refractivity contribution in [2.24, 2.45) is 0 Å². The zero-order valence-electron chi connectivity index (χ0n) is 25.8. The lowest BCUT2D eigenvalue weighted by molar-refractivity contribution is -0.278. The maximum atomic E-state index is 12.1. The molecule has 6 atom stereocenters. The van der Waals surface area contributed by atoms with Crippen LogP contribution in [0.4, 0.5) is 4.79 Å². The van der Waals surface area contributed by atoms with E-state index >= 15 is 0 Å². The number of ether oxygens (including phenoxy) is 5. The third-order valence-electron chi connectivity index (χ3n) is 8.48. The number of aliphatic hydroxyl groups is 3. The van der Waals surface area contributed by atoms with E-state index in [9.17, 15) is 20.1 Å². The number of carbonyl (C=O) groups excluding carboxylic acids is 1. The van der Waals surface area contributed by atoms with Crippen LogP contribution in [0.1, 0.15) is 87.2 Å². The highest BCUT2D eigenvalue weighted by Gasteiger charge is 2.46. The first-order chi connectivity index (χ1) is 20.8. The summed E-state index contributed by atoms with van der Waals surface area (Å²) in [4.78, 5) is 12.1. The monoisotopic (exact) mass is 603 g/mol. The Hall–Kier alpha value is -2.63. The van der Waals surface area contributed by atoms with E-state index in [1.807, 2.05) is 13.1 Å². The molecule has 2 aliphatic heterocycles. The molecule has 2 aliphatic rings. The first-order valence-electron chi connectivity index (χ1n) is 15.8. The van der Waals surface area contributed by atoms with Gasteiger partial charge in [0.05, 0.1) is 19.3 Å². The lowest BCUT2D eigenvalue weighted by Gasteiger charge is -2.39. The average Bonchev–Trinajstić information content (AvgIpc) is 3.65. The summed E-state index contributed by atoms with van der Waals surface area (Å²) in [5.74, 6) is 0.509. The van der Waals surface area contributed by atoms with Crippen molar-refractivity contribution in [3.8, 4) is 5.75 Å². The second kappa shape index (κ2) is 16.4. The number of hydrogen-bond donors (Lipinski definition) is 3. The summed E-state index contributed by atoms with van der Waals surface area (Å²) in [6.07, 6.45) is 2.81. The standard InChI is InChI=1S/C33H49NO9/c1-4-6-7-8-9-10-16-40-33(38)41-21-28-29(35)30(36)31(37)32(43-28)42-27-19-34(25-15-17-39-20-25)22(3)26(27)18-24-13-11-23(5-2)12-14-24/h11-14,19,25,28-32,35-37H,4-10,15-18,20-21H2,1-3H3/t25?,28-,29-,30+,31-,32-/m1/s1. The minimum absolute atomic E-state index is 0.159. The Morgan fingerprint density at radius 3 is 2.37 bits per heavy atom. The molecule has 0 amide bonds. The van der Waals surface area contributed by atoms with Crippen LogP contribution < -0.4 is 4.74 Å². The molecule has 2 saturated heterocycles. The Morgan fingerprint density at radius 1 is 0.953 bits per heavy atom. The van der Waals surface area contributed by atoms with Gasteiger partial charge in [-0.15, -0.1) is 0 Å². The number of aryl methyl sites for hydroxylation is 1. The Morgan fingerprint density at radius 2 is 1.67 bits per heavy atom. The second-order valence-corrected chi connectivity index (χ2v) is 11.6. The molecule has 1 aromatic heterocycles. The molecule has 3 N–H and O–H groups in total. The fourth-order valence-corrected chi connectivity index (χ4v) is 5.68. The van der Waals surface area contributed by atoms with Gasteiger partial charge in [-0.25, -0.2) is 4.79 Å². The van der Waals surface area contributed by atoms with Gasteiger partial charge in [0.1, 0.15) is 36.8 Å². The van der Waals surface area contributed by atoms with Crippen molar-refractivity contribution in [2.45, 2.75) is 115 Å². The van der Waals surface area contributed by atoms with Gasteiger partial charge < -0.3 is 43.6 Å². The fourth-order valence-electron chi connectivity index (χ4n) is 5.68. The molecular weight excluding hydrogens is 554 g/mol. The van der Waals surface area contributed by atoms with Crippen LogP contribution in [0.25, 0.3) is 0 Å². The van der Waals surface area contributed by atoms with E-state index in [4.69, 9.17) is 23.7 Å². The molecule has 0 spiro atoms. The number of nitrogens with zero attached hydrogens (tertiary/aromatic N) is 1. The van der Waals surface area contributed by atoms with Gasteiger partial charge in [0.15, 0.2) is 0 Å². The van der Waals surface area contributed by atoms with E-state index in [0.29, 0.717) is 25.4 Å². The lowest BCUT2D eigenvalue weighted by Crippen LogP contribution is -2.60. The van der Waals surface area contributed by atoms with E-state index in [1.165, 1.54) is 24.8 Å².